The summed E-state index contributed by atoms with van der Waals surface area (Å²) in [5, 5.41) is 3.72. The molecule has 0 unspecified atom stereocenters. The standard InChI is InChI=1S/C13H13N3O3S/c1-9-12(20-15-14-9)13(18)19-8-11(17)16(2)10-6-4-3-5-7-10/h3-7H,8H2,1-2H3. The molecule has 1 aromatic heterocycles. The van der Waals surface area contributed by atoms with Crippen LogP contribution in [0.4, 0.5) is 5.69 Å². The SMILES string of the molecule is Cc1nnsc1C(=O)OCC(=O)N(C)c1ccccc1. The molecule has 0 aliphatic rings. The van der Waals surface area contributed by atoms with E-state index in [1.807, 2.05) is 18.2 Å². The molecule has 2 aromatic rings. The van der Waals surface area contributed by atoms with E-state index >= 15 is 0 Å². The number of nitrogens with zero attached hydrogens (tertiary/aromatic N) is 3. The van der Waals surface area contributed by atoms with Crippen molar-refractivity contribution >= 4 is 29.1 Å². The van der Waals surface area contributed by atoms with E-state index in [0.717, 1.165) is 17.2 Å². The number of aromatic nitrogens is 2. The Balaban J connectivity index is 1.93. The van der Waals surface area contributed by atoms with Crippen molar-refractivity contribution in [2.75, 3.05) is 18.6 Å². The van der Waals surface area contributed by atoms with Crippen LogP contribution >= 0.6 is 11.5 Å². The molecule has 0 atom stereocenters. The third-order valence-electron chi connectivity index (χ3n) is 2.68. The van der Waals surface area contributed by atoms with Crippen molar-refractivity contribution in [2.24, 2.45) is 0 Å². The van der Waals surface area contributed by atoms with E-state index in [2.05, 4.69) is 9.59 Å². The summed E-state index contributed by atoms with van der Waals surface area (Å²) in [6, 6.07) is 9.13. The molecule has 20 heavy (non-hydrogen) atoms. The van der Waals surface area contributed by atoms with E-state index in [4.69, 9.17) is 4.74 Å². The number of para-hydroxylation sites is 1. The Morgan fingerprint density at radius 2 is 2.00 bits per heavy atom. The summed E-state index contributed by atoms with van der Waals surface area (Å²) >= 11 is 0.954. The molecule has 0 saturated carbocycles. The lowest BCUT2D eigenvalue weighted by atomic mass is 10.3. The van der Waals surface area contributed by atoms with Gasteiger partial charge < -0.3 is 9.64 Å². The van der Waals surface area contributed by atoms with E-state index in [1.54, 1.807) is 26.1 Å². The van der Waals surface area contributed by atoms with Gasteiger partial charge in [-0.1, -0.05) is 22.7 Å². The van der Waals surface area contributed by atoms with E-state index in [9.17, 15) is 9.59 Å². The molecule has 2 rings (SSSR count). The zero-order chi connectivity index (χ0) is 14.5. The van der Waals surface area contributed by atoms with Crippen molar-refractivity contribution in [3.63, 3.8) is 0 Å². The molecule has 0 fully saturated rings. The van der Waals surface area contributed by atoms with Gasteiger partial charge in [-0.25, -0.2) is 4.79 Å². The molecule has 1 amide bonds. The van der Waals surface area contributed by atoms with Gasteiger partial charge in [0.05, 0.1) is 5.69 Å². The lowest BCUT2D eigenvalue weighted by Gasteiger charge is -2.16. The highest BCUT2D eigenvalue weighted by atomic mass is 32.1. The van der Waals surface area contributed by atoms with E-state index < -0.39 is 5.97 Å². The van der Waals surface area contributed by atoms with Crippen LogP contribution < -0.4 is 4.90 Å². The molecule has 104 valence electrons. The Bertz CT molecular complexity index is 612. The molecule has 1 aromatic carbocycles. The second-order valence-corrected chi connectivity index (χ2v) is 4.81. The van der Waals surface area contributed by atoms with Crippen molar-refractivity contribution in [1.82, 2.24) is 9.59 Å². The number of hydrogen-bond donors (Lipinski definition) is 0. The fourth-order valence-corrected chi connectivity index (χ4v) is 2.06. The van der Waals surface area contributed by atoms with Gasteiger partial charge in [0.15, 0.2) is 11.5 Å². The van der Waals surface area contributed by atoms with Gasteiger partial charge in [-0.2, -0.15) is 0 Å². The first-order valence-electron chi connectivity index (χ1n) is 5.87. The van der Waals surface area contributed by atoms with Gasteiger partial charge in [0.25, 0.3) is 5.91 Å². The molecule has 0 saturated heterocycles. The molecule has 0 radical (unpaired) electrons. The molecule has 0 spiro atoms. The molecule has 6 nitrogen and oxygen atoms in total. The van der Waals surface area contributed by atoms with Crippen molar-refractivity contribution in [3.05, 3.63) is 40.9 Å². The van der Waals surface area contributed by atoms with Crippen LogP contribution in [0.25, 0.3) is 0 Å². The highest BCUT2D eigenvalue weighted by Crippen LogP contribution is 2.13. The first kappa shape index (κ1) is 14.1. The van der Waals surface area contributed by atoms with Crippen molar-refractivity contribution < 1.29 is 14.3 Å². The van der Waals surface area contributed by atoms with Gasteiger partial charge in [-0.3, -0.25) is 4.79 Å². The van der Waals surface area contributed by atoms with Gasteiger partial charge >= 0.3 is 5.97 Å². The largest absolute Gasteiger partial charge is 0.451 e. The zero-order valence-corrected chi connectivity index (χ0v) is 11.9. The van der Waals surface area contributed by atoms with Gasteiger partial charge in [0, 0.05) is 12.7 Å². The van der Waals surface area contributed by atoms with Crippen LogP contribution in [0.3, 0.4) is 0 Å². The van der Waals surface area contributed by atoms with Gasteiger partial charge in [-0.15, -0.1) is 5.10 Å². The Labute approximate surface area is 120 Å². The summed E-state index contributed by atoms with van der Waals surface area (Å²) < 4.78 is 8.62. The Morgan fingerprint density at radius 3 is 2.60 bits per heavy atom. The third kappa shape index (κ3) is 3.18. The van der Waals surface area contributed by atoms with Gasteiger partial charge in [0.1, 0.15) is 0 Å². The predicted molar refractivity (Wildman–Crippen MR) is 74.8 cm³/mol. The number of carbonyl (C=O) groups excluding carboxylic acids is 2. The van der Waals surface area contributed by atoms with E-state index in [0.29, 0.717) is 10.6 Å². The number of rotatable bonds is 4. The second kappa shape index (κ2) is 6.25. The van der Waals surface area contributed by atoms with Crippen LogP contribution in [0.5, 0.6) is 0 Å². The molecule has 0 aliphatic heterocycles. The topological polar surface area (TPSA) is 72.4 Å². The number of carbonyl (C=O) groups is 2. The molecule has 7 heteroatoms. The fraction of sp³-hybridized carbons (Fsp3) is 0.231. The average molecular weight is 291 g/mol. The fourth-order valence-electron chi connectivity index (χ4n) is 1.50. The Kier molecular flexibility index (Phi) is 4.41. The maximum atomic E-state index is 11.9. The third-order valence-corrected chi connectivity index (χ3v) is 3.49. The molecule has 1 heterocycles. The summed E-state index contributed by atoms with van der Waals surface area (Å²) in [4.78, 5) is 25.4. The van der Waals surface area contributed by atoms with Crippen LogP contribution in [0.1, 0.15) is 15.4 Å². The number of anilines is 1. The number of esters is 1. The minimum atomic E-state index is -0.577. The number of benzene rings is 1. The monoisotopic (exact) mass is 291 g/mol. The van der Waals surface area contributed by atoms with Crippen LogP contribution in [0.15, 0.2) is 30.3 Å². The van der Waals surface area contributed by atoms with E-state index in [-0.39, 0.29) is 12.5 Å². The number of likely N-dealkylation sites (N-methyl/N-ethyl adjacent to an activating group) is 1. The van der Waals surface area contributed by atoms with E-state index in [1.165, 1.54) is 4.90 Å². The smallest absolute Gasteiger partial charge is 0.352 e. The highest BCUT2D eigenvalue weighted by molar-refractivity contribution is 7.07. The molecular formula is C13H13N3O3S. The molecule has 0 aliphatic carbocycles. The van der Waals surface area contributed by atoms with Crippen LogP contribution in [0.2, 0.25) is 0 Å². The van der Waals surface area contributed by atoms with Gasteiger partial charge in [-0.05, 0) is 30.6 Å². The number of aryl methyl sites for hydroxylation is 1. The summed E-state index contributed by atoms with van der Waals surface area (Å²) in [5.41, 5.74) is 1.24. The van der Waals surface area contributed by atoms with Crippen LogP contribution in [0, 0.1) is 6.92 Å². The summed E-state index contributed by atoms with van der Waals surface area (Å²) in [6.45, 7) is 1.35. The maximum absolute atomic E-state index is 11.9. The van der Waals surface area contributed by atoms with Crippen molar-refractivity contribution in [3.8, 4) is 0 Å². The van der Waals surface area contributed by atoms with Crippen LogP contribution in [-0.2, 0) is 9.53 Å². The highest BCUT2D eigenvalue weighted by Gasteiger charge is 2.18. The predicted octanol–water partition coefficient (Wildman–Crippen LogP) is 1.67. The van der Waals surface area contributed by atoms with Gasteiger partial charge in [0.2, 0.25) is 0 Å². The van der Waals surface area contributed by atoms with Crippen molar-refractivity contribution in [1.29, 1.82) is 0 Å². The number of ether oxygens (including phenoxy) is 1. The average Bonchev–Trinajstić information content (AvgIpc) is 2.90. The minimum Gasteiger partial charge on any atom is -0.451 e. The normalized spacial score (nSPS) is 10.1. The Hall–Kier alpha value is -2.28. The maximum Gasteiger partial charge on any atom is 0.352 e. The van der Waals surface area contributed by atoms with Crippen LogP contribution in [-0.4, -0.2) is 35.1 Å². The molecular weight excluding hydrogens is 278 g/mol. The lowest BCUT2D eigenvalue weighted by molar-refractivity contribution is -0.121. The Morgan fingerprint density at radius 1 is 1.30 bits per heavy atom. The zero-order valence-electron chi connectivity index (χ0n) is 11.1. The molecule has 0 bridgehead atoms. The summed E-state index contributed by atoms with van der Waals surface area (Å²) in [5.74, 6) is -0.882. The summed E-state index contributed by atoms with van der Waals surface area (Å²) in [7, 11) is 1.63. The lowest BCUT2D eigenvalue weighted by Crippen LogP contribution is -2.31. The number of hydrogen-bond acceptors (Lipinski definition) is 6. The minimum absolute atomic E-state index is 0.306. The van der Waals surface area contributed by atoms with Crippen molar-refractivity contribution in [2.45, 2.75) is 6.92 Å². The quantitative estimate of drug-likeness (QED) is 0.801. The summed E-state index contributed by atoms with van der Waals surface area (Å²) in [6.07, 6.45) is 0. The molecule has 0 N–H and O–H groups in total. The first-order chi connectivity index (χ1) is 9.59. The number of amides is 1. The first-order valence-corrected chi connectivity index (χ1v) is 6.64. The second-order valence-electron chi connectivity index (χ2n) is 4.05.